The van der Waals surface area contributed by atoms with Crippen LogP contribution in [0.2, 0.25) is 0 Å². The van der Waals surface area contributed by atoms with E-state index in [1.807, 2.05) is 12.1 Å². The first kappa shape index (κ1) is 19.1. The molecule has 0 radical (unpaired) electrons. The van der Waals surface area contributed by atoms with Gasteiger partial charge < -0.3 is 19.9 Å². The van der Waals surface area contributed by atoms with Gasteiger partial charge in [-0.05, 0) is 55.1 Å². The van der Waals surface area contributed by atoms with Gasteiger partial charge in [0.05, 0.1) is 18.1 Å². The lowest BCUT2D eigenvalue weighted by atomic mass is 10.1. The molecule has 1 saturated heterocycles. The first-order valence-corrected chi connectivity index (χ1v) is 9.70. The minimum absolute atomic E-state index is 0.150. The highest BCUT2D eigenvalue weighted by Gasteiger charge is 2.19. The number of Topliss-reactive ketones (excluding diaryl/α,β-unsaturated/α-hetero) is 1. The molecular weight excluding hydrogens is 368 g/mol. The van der Waals surface area contributed by atoms with E-state index in [0.29, 0.717) is 22.3 Å². The smallest absolute Gasteiger partial charge is 0.259 e. The van der Waals surface area contributed by atoms with Crippen LogP contribution in [-0.2, 0) is 4.74 Å². The molecule has 7 heteroatoms. The highest BCUT2D eigenvalue weighted by atomic mass is 16.5. The predicted octanol–water partition coefficient (Wildman–Crippen LogP) is 3.40. The molecule has 0 saturated carbocycles. The van der Waals surface area contributed by atoms with Gasteiger partial charge in [-0.25, -0.2) is 4.98 Å². The first-order chi connectivity index (χ1) is 13.9. The maximum absolute atomic E-state index is 12.4. The van der Waals surface area contributed by atoms with Crippen molar-refractivity contribution >= 4 is 33.7 Å². The molecule has 150 valence electrons. The monoisotopic (exact) mass is 392 g/mol. The van der Waals surface area contributed by atoms with E-state index in [0.717, 1.165) is 30.9 Å². The molecule has 0 bridgehead atoms. The number of carbonyl (C=O) groups excluding carboxylic acids is 1. The Morgan fingerprint density at radius 1 is 1.31 bits per heavy atom. The Hall–Kier alpha value is -3.19. The van der Waals surface area contributed by atoms with Crippen molar-refractivity contribution in [2.75, 3.05) is 29.9 Å². The largest absolute Gasteiger partial charge is 0.375 e. The number of morpholine rings is 1. The summed E-state index contributed by atoms with van der Waals surface area (Å²) in [4.78, 5) is 33.7. The average Bonchev–Trinajstić information content (AvgIpc) is 2.68. The fraction of sp³-hybridized carbons (Fsp3) is 0.318. The van der Waals surface area contributed by atoms with Crippen LogP contribution in [0.1, 0.15) is 29.9 Å². The van der Waals surface area contributed by atoms with Gasteiger partial charge in [-0.2, -0.15) is 0 Å². The second kappa shape index (κ2) is 7.67. The molecule has 1 aliphatic rings. The van der Waals surface area contributed by atoms with Crippen molar-refractivity contribution in [2.24, 2.45) is 0 Å². The Labute approximate surface area is 168 Å². The lowest BCUT2D eigenvalue weighted by molar-refractivity contribution is 0.0532. The molecule has 1 aliphatic heterocycles. The number of H-pyrrole nitrogens is 1. The Morgan fingerprint density at radius 2 is 2.14 bits per heavy atom. The number of fused-ring (bicyclic) bond motifs is 1. The number of nitrogens with zero attached hydrogens (tertiary/aromatic N) is 2. The van der Waals surface area contributed by atoms with Crippen molar-refractivity contribution in [3.8, 4) is 0 Å². The second-order valence-corrected chi connectivity index (χ2v) is 7.44. The molecule has 1 fully saturated rings. The summed E-state index contributed by atoms with van der Waals surface area (Å²) in [5.74, 6) is 0.227. The van der Waals surface area contributed by atoms with E-state index in [4.69, 9.17) is 4.74 Å². The van der Waals surface area contributed by atoms with Crippen LogP contribution in [0, 0.1) is 6.92 Å². The van der Waals surface area contributed by atoms with Gasteiger partial charge in [-0.15, -0.1) is 0 Å². The second-order valence-electron chi connectivity index (χ2n) is 7.44. The van der Waals surface area contributed by atoms with E-state index in [2.05, 4.69) is 40.1 Å². The fourth-order valence-corrected chi connectivity index (χ4v) is 3.75. The van der Waals surface area contributed by atoms with Gasteiger partial charge in [-0.1, -0.05) is 0 Å². The van der Waals surface area contributed by atoms with Crippen molar-refractivity contribution in [1.82, 2.24) is 9.97 Å². The Balaban J connectivity index is 1.71. The number of pyridine rings is 2. The van der Waals surface area contributed by atoms with Crippen LogP contribution >= 0.6 is 0 Å². The Bertz CT molecular complexity index is 1140. The lowest BCUT2D eigenvalue weighted by Crippen LogP contribution is -2.41. The van der Waals surface area contributed by atoms with Crippen LogP contribution in [-0.4, -0.2) is 41.6 Å². The van der Waals surface area contributed by atoms with Crippen molar-refractivity contribution < 1.29 is 9.53 Å². The number of nitrogens with one attached hydrogen (secondary N) is 2. The van der Waals surface area contributed by atoms with Crippen LogP contribution in [0.3, 0.4) is 0 Å². The molecule has 0 spiro atoms. The zero-order valence-corrected chi connectivity index (χ0v) is 16.8. The lowest BCUT2D eigenvalue weighted by Gasteiger charge is -2.34. The van der Waals surface area contributed by atoms with Gasteiger partial charge in [0.25, 0.3) is 5.56 Å². The molecule has 0 amide bonds. The minimum Gasteiger partial charge on any atom is -0.375 e. The average molecular weight is 392 g/mol. The van der Waals surface area contributed by atoms with Gasteiger partial charge in [0.1, 0.15) is 11.5 Å². The van der Waals surface area contributed by atoms with Crippen LogP contribution < -0.4 is 15.8 Å². The number of aryl methyl sites for hydroxylation is 1. The number of aromatic amines is 1. The van der Waals surface area contributed by atoms with E-state index >= 15 is 0 Å². The molecule has 3 aromatic rings. The number of carbonyl (C=O) groups is 1. The molecule has 4 rings (SSSR count). The zero-order chi connectivity index (χ0) is 20.5. The van der Waals surface area contributed by atoms with Gasteiger partial charge in [0, 0.05) is 37.6 Å². The van der Waals surface area contributed by atoms with Gasteiger partial charge in [0.2, 0.25) is 0 Å². The van der Waals surface area contributed by atoms with E-state index < -0.39 is 0 Å². The Morgan fingerprint density at radius 3 is 2.86 bits per heavy atom. The zero-order valence-electron chi connectivity index (χ0n) is 16.8. The van der Waals surface area contributed by atoms with Gasteiger partial charge in [-0.3, -0.25) is 9.59 Å². The van der Waals surface area contributed by atoms with Gasteiger partial charge in [0.15, 0.2) is 5.78 Å². The third-order valence-corrected chi connectivity index (χ3v) is 5.16. The maximum Gasteiger partial charge on any atom is 0.259 e. The summed E-state index contributed by atoms with van der Waals surface area (Å²) in [5.41, 5.74) is 3.17. The first-order valence-electron chi connectivity index (χ1n) is 9.70. The van der Waals surface area contributed by atoms with Crippen LogP contribution in [0.25, 0.3) is 10.8 Å². The number of hydrogen-bond acceptors (Lipinski definition) is 6. The third kappa shape index (κ3) is 3.86. The van der Waals surface area contributed by atoms with Crippen molar-refractivity contribution in [1.29, 1.82) is 0 Å². The highest BCUT2D eigenvalue weighted by molar-refractivity contribution is 6.00. The number of ketones is 1. The maximum atomic E-state index is 12.4. The van der Waals surface area contributed by atoms with E-state index in [9.17, 15) is 9.59 Å². The summed E-state index contributed by atoms with van der Waals surface area (Å²) in [6.07, 6.45) is 1.78. The number of anilines is 3. The van der Waals surface area contributed by atoms with Crippen LogP contribution in [0.5, 0.6) is 0 Å². The summed E-state index contributed by atoms with van der Waals surface area (Å²) in [7, 11) is 0. The number of hydrogen-bond donors (Lipinski definition) is 2. The number of aromatic nitrogens is 2. The molecule has 0 unspecified atom stereocenters. The normalized spacial score (nSPS) is 16.8. The number of benzene rings is 1. The van der Waals surface area contributed by atoms with E-state index in [-0.39, 0.29) is 17.4 Å². The fourth-order valence-electron chi connectivity index (χ4n) is 3.75. The number of rotatable bonds is 4. The standard InChI is InChI=1S/C22H24N4O3/c1-13-10-17(4-5-19(13)26-8-9-29-14(2)12-26)24-21-20-16(6-7-23-22(20)28)11-18(25-21)15(3)27/h4-7,10-11,14H,8-9,12H2,1-3H3,(H,23,28)(H,24,25)/t14-/m1/s1. The van der Waals surface area contributed by atoms with Crippen LogP contribution in [0.4, 0.5) is 17.2 Å². The molecule has 2 aromatic heterocycles. The molecule has 0 aliphatic carbocycles. The molecule has 3 heterocycles. The van der Waals surface area contributed by atoms with Gasteiger partial charge >= 0.3 is 0 Å². The molecule has 29 heavy (non-hydrogen) atoms. The summed E-state index contributed by atoms with van der Waals surface area (Å²) >= 11 is 0. The molecular formula is C22H24N4O3. The third-order valence-electron chi connectivity index (χ3n) is 5.16. The quantitative estimate of drug-likeness (QED) is 0.662. The summed E-state index contributed by atoms with van der Waals surface area (Å²) in [6, 6.07) is 9.47. The molecule has 7 nitrogen and oxygen atoms in total. The topological polar surface area (TPSA) is 87.3 Å². The molecule has 1 aromatic carbocycles. The van der Waals surface area contributed by atoms with Crippen molar-refractivity contribution in [3.63, 3.8) is 0 Å². The van der Waals surface area contributed by atoms with Crippen LogP contribution in [0.15, 0.2) is 41.3 Å². The van der Waals surface area contributed by atoms with E-state index in [1.54, 1.807) is 18.3 Å². The Kier molecular flexibility index (Phi) is 5.07. The SMILES string of the molecule is CC(=O)c1cc2cc[nH]c(=O)c2c(Nc2ccc(N3CCO[C@H](C)C3)c(C)c2)n1. The summed E-state index contributed by atoms with van der Waals surface area (Å²) < 4.78 is 5.63. The van der Waals surface area contributed by atoms with Crippen molar-refractivity contribution in [2.45, 2.75) is 26.9 Å². The molecule has 2 N–H and O–H groups in total. The highest BCUT2D eigenvalue weighted by Crippen LogP contribution is 2.28. The minimum atomic E-state index is -0.247. The summed E-state index contributed by atoms with van der Waals surface area (Å²) in [5, 5.41) is 4.34. The van der Waals surface area contributed by atoms with E-state index in [1.165, 1.54) is 12.6 Å². The molecule has 1 atom stereocenters. The predicted molar refractivity (Wildman–Crippen MR) is 114 cm³/mol. The summed E-state index contributed by atoms with van der Waals surface area (Å²) in [6.45, 7) is 8.04. The number of ether oxygens (including phenoxy) is 1. The van der Waals surface area contributed by atoms with Crippen molar-refractivity contribution in [3.05, 3.63) is 58.1 Å².